The van der Waals surface area contributed by atoms with Crippen LogP contribution in [0.3, 0.4) is 0 Å². The molecule has 1 saturated heterocycles. The minimum absolute atomic E-state index is 0.0205. The minimum atomic E-state index is -1.26. The van der Waals surface area contributed by atoms with Crippen LogP contribution in [-0.2, 0) is 31.2 Å². The van der Waals surface area contributed by atoms with Crippen LogP contribution >= 0.6 is 11.6 Å². The van der Waals surface area contributed by atoms with Gasteiger partial charge in [-0.05, 0) is 74.3 Å². The summed E-state index contributed by atoms with van der Waals surface area (Å²) in [7, 11) is 0. The molecule has 0 aliphatic carbocycles. The molecule has 7 nitrogen and oxygen atoms in total. The molecule has 0 spiro atoms. The van der Waals surface area contributed by atoms with Crippen LogP contribution in [0.4, 0.5) is 0 Å². The maximum Gasteiger partial charge on any atom is 0.338 e. The molecule has 0 N–H and O–H groups in total. The standard InChI is InChI=1S/C28H34ClNO6S/c1-3-36-28(33)23-10-8-21(9-11-23)19-37(34)27-17-26(32)30(27)20(2)18-35-16-6-4-5-7-25(31)22-12-14-24(29)15-13-22/h8-15,20,27H,3-7,16-19H2,1-2H3. The molecule has 37 heavy (non-hydrogen) atoms. The van der Waals surface area contributed by atoms with Crippen molar-refractivity contribution in [3.05, 3.63) is 70.2 Å². The van der Waals surface area contributed by atoms with Gasteiger partial charge in [-0.1, -0.05) is 30.2 Å². The molecule has 0 radical (unpaired) electrons. The lowest BCUT2D eigenvalue weighted by atomic mass is 10.1. The highest BCUT2D eigenvalue weighted by Crippen LogP contribution is 2.29. The number of amides is 1. The molecule has 9 heteroatoms. The number of β-lactam (4-membered cyclic amide) rings is 1. The van der Waals surface area contributed by atoms with E-state index < -0.39 is 11.2 Å². The van der Waals surface area contributed by atoms with Gasteiger partial charge < -0.3 is 14.0 Å². The Morgan fingerprint density at radius 3 is 2.41 bits per heavy atom. The third-order valence-corrected chi connectivity index (χ3v) is 8.09. The summed E-state index contributed by atoms with van der Waals surface area (Å²) in [6.45, 7) is 4.88. The normalized spacial score (nSPS) is 16.7. The molecular weight excluding hydrogens is 514 g/mol. The van der Waals surface area contributed by atoms with Gasteiger partial charge in [-0.25, -0.2) is 4.79 Å². The number of carbonyl (C=O) groups is 3. The summed E-state index contributed by atoms with van der Waals surface area (Å²) < 4.78 is 23.7. The average Bonchev–Trinajstić information content (AvgIpc) is 2.87. The van der Waals surface area contributed by atoms with Crippen molar-refractivity contribution in [1.29, 1.82) is 0 Å². The molecule has 2 aromatic carbocycles. The van der Waals surface area contributed by atoms with E-state index in [0.717, 1.165) is 24.8 Å². The van der Waals surface area contributed by atoms with E-state index in [-0.39, 0.29) is 35.5 Å². The van der Waals surface area contributed by atoms with Crippen LogP contribution in [0.1, 0.15) is 72.2 Å². The van der Waals surface area contributed by atoms with Crippen molar-refractivity contribution in [1.82, 2.24) is 4.90 Å². The number of unbranched alkanes of at least 4 members (excludes halogenated alkanes) is 2. The Morgan fingerprint density at radius 2 is 1.76 bits per heavy atom. The zero-order chi connectivity index (χ0) is 26.8. The number of carbonyl (C=O) groups excluding carboxylic acids is 3. The first-order valence-electron chi connectivity index (χ1n) is 12.6. The minimum Gasteiger partial charge on any atom is -0.614 e. The van der Waals surface area contributed by atoms with E-state index in [9.17, 15) is 18.9 Å². The van der Waals surface area contributed by atoms with E-state index in [2.05, 4.69) is 0 Å². The van der Waals surface area contributed by atoms with Crippen molar-refractivity contribution in [2.24, 2.45) is 0 Å². The van der Waals surface area contributed by atoms with Crippen LogP contribution in [0.2, 0.25) is 5.02 Å². The van der Waals surface area contributed by atoms with Gasteiger partial charge in [-0.2, -0.15) is 0 Å². The number of Topliss-reactive ketones (excluding diaryl/α,β-unsaturated/α-hetero) is 1. The van der Waals surface area contributed by atoms with Gasteiger partial charge in [-0.3, -0.25) is 14.5 Å². The fraction of sp³-hybridized carbons (Fsp3) is 0.464. The van der Waals surface area contributed by atoms with Crippen molar-refractivity contribution in [2.45, 2.75) is 63.1 Å². The number of ketones is 1. The molecule has 0 aromatic heterocycles. The third-order valence-electron chi connectivity index (χ3n) is 6.22. The Labute approximate surface area is 226 Å². The van der Waals surface area contributed by atoms with Gasteiger partial charge >= 0.3 is 5.97 Å². The number of hydrogen-bond acceptors (Lipinski definition) is 6. The summed E-state index contributed by atoms with van der Waals surface area (Å²) in [5.41, 5.74) is 1.97. The van der Waals surface area contributed by atoms with Crippen LogP contribution in [-0.4, -0.2) is 58.3 Å². The highest BCUT2D eigenvalue weighted by atomic mass is 35.5. The molecule has 1 amide bonds. The lowest BCUT2D eigenvalue weighted by Crippen LogP contribution is -2.61. The summed E-state index contributed by atoms with van der Waals surface area (Å²) in [6.07, 6.45) is 3.23. The number of hydrogen-bond donors (Lipinski definition) is 0. The van der Waals surface area contributed by atoms with Crippen molar-refractivity contribution in [3.63, 3.8) is 0 Å². The number of nitrogens with zero attached hydrogens (tertiary/aromatic N) is 1. The van der Waals surface area contributed by atoms with Gasteiger partial charge in [0.1, 0.15) is 5.75 Å². The van der Waals surface area contributed by atoms with Crippen molar-refractivity contribution < 1.29 is 28.4 Å². The largest absolute Gasteiger partial charge is 0.614 e. The second-order valence-corrected chi connectivity index (χ2v) is 11.1. The first-order valence-corrected chi connectivity index (χ1v) is 14.4. The van der Waals surface area contributed by atoms with Crippen molar-refractivity contribution >= 4 is 40.4 Å². The molecule has 1 aliphatic rings. The SMILES string of the molecule is CCOC(=O)c1ccc(C[S+]([O-])C2CC(=O)N2C(C)COCCCCCC(=O)c2ccc(Cl)cc2)cc1. The van der Waals surface area contributed by atoms with Crippen molar-refractivity contribution in [2.75, 3.05) is 19.8 Å². The smallest absolute Gasteiger partial charge is 0.338 e. The Hall–Kier alpha value is -2.39. The molecule has 1 aliphatic heterocycles. The van der Waals surface area contributed by atoms with Gasteiger partial charge in [0.05, 0.1) is 31.2 Å². The van der Waals surface area contributed by atoms with Crippen LogP contribution in [0.5, 0.6) is 0 Å². The van der Waals surface area contributed by atoms with Gasteiger partial charge in [0.25, 0.3) is 0 Å². The van der Waals surface area contributed by atoms with E-state index in [1.165, 1.54) is 0 Å². The van der Waals surface area contributed by atoms with E-state index >= 15 is 0 Å². The molecule has 2 aromatic rings. The zero-order valence-electron chi connectivity index (χ0n) is 21.3. The number of likely N-dealkylation sites (tertiary alicyclic amines) is 1. The predicted molar refractivity (Wildman–Crippen MR) is 144 cm³/mol. The highest BCUT2D eigenvalue weighted by Gasteiger charge is 2.46. The molecule has 200 valence electrons. The molecule has 0 saturated carbocycles. The van der Waals surface area contributed by atoms with Crippen LogP contribution in [0.25, 0.3) is 0 Å². The topological polar surface area (TPSA) is 96.0 Å². The first-order chi connectivity index (χ1) is 17.8. The average molecular weight is 548 g/mol. The second-order valence-electron chi connectivity index (χ2n) is 9.07. The maximum atomic E-state index is 12.9. The van der Waals surface area contributed by atoms with Gasteiger partial charge in [-0.15, -0.1) is 0 Å². The van der Waals surface area contributed by atoms with Gasteiger partial charge in [0.2, 0.25) is 5.91 Å². The Bertz CT molecular complexity index is 1050. The molecular formula is C28H34ClNO6S. The van der Waals surface area contributed by atoms with E-state index in [4.69, 9.17) is 21.1 Å². The third kappa shape index (κ3) is 8.57. The van der Waals surface area contributed by atoms with E-state index in [1.54, 1.807) is 60.4 Å². The summed E-state index contributed by atoms with van der Waals surface area (Å²) >= 11 is 4.60. The lowest BCUT2D eigenvalue weighted by molar-refractivity contribution is -0.146. The van der Waals surface area contributed by atoms with Crippen molar-refractivity contribution in [3.8, 4) is 0 Å². The Kier molecular flexibility index (Phi) is 11.4. The quantitative estimate of drug-likeness (QED) is 0.100. The number of rotatable bonds is 15. The molecule has 0 bridgehead atoms. The number of ether oxygens (including phenoxy) is 2. The monoisotopic (exact) mass is 547 g/mol. The summed E-state index contributed by atoms with van der Waals surface area (Å²) in [6, 6.07) is 13.6. The maximum absolute atomic E-state index is 12.9. The lowest BCUT2D eigenvalue weighted by Gasteiger charge is -2.43. The summed E-state index contributed by atoms with van der Waals surface area (Å²) in [4.78, 5) is 37.9. The number of benzene rings is 2. The number of halogens is 1. The van der Waals surface area contributed by atoms with Crippen LogP contribution < -0.4 is 0 Å². The van der Waals surface area contributed by atoms with Crippen LogP contribution in [0, 0.1) is 0 Å². The van der Waals surface area contributed by atoms with E-state index in [0.29, 0.717) is 48.1 Å². The molecule has 1 fully saturated rings. The van der Waals surface area contributed by atoms with Gasteiger partial charge in [0.15, 0.2) is 11.2 Å². The highest BCUT2D eigenvalue weighted by molar-refractivity contribution is 7.91. The van der Waals surface area contributed by atoms with Crippen LogP contribution in [0.15, 0.2) is 48.5 Å². The summed E-state index contributed by atoms with van der Waals surface area (Å²) in [5, 5.41) is 0.275. The zero-order valence-corrected chi connectivity index (χ0v) is 22.9. The second kappa shape index (κ2) is 14.5. The molecule has 3 atom stereocenters. The fourth-order valence-corrected chi connectivity index (χ4v) is 5.89. The Balaban J connectivity index is 1.34. The molecule has 3 rings (SSSR count). The fourth-order valence-electron chi connectivity index (χ4n) is 4.14. The first kappa shape index (κ1) is 29.2. The van der Waals surface area contributed by atoms with E-state index in [1.807, 2.05) is 6.92 Å². The molecule has 1 heterocycles. The predicted octanol–water partition coefficient (Wildman–Crippen LogP) is 5.17. The van der Waals surface area contributed by atoms with Gasteiger partial charge in [0, 0.05) is 29.2 Å². The summed E-state index contributed by atoms with van der Waals surface area (Å²) in [5.74, 6) is 0.00959. The number of esters is 1. The Morgan fingerprint density at radius 1 is 1.08 bits per heavy atom. The molecule has 3 unspecified atom stereocenters.